The van der Waals surface area contributed by atoms with E-state index in [2.05, 4.69) is 29.7 Å². The van der Waals surface area contributed by atoms with Crippen LogP contribution in [0.3, 0.4) is 0 Å². The van der Waals surface area contributed by atoms with E-state index in [1.165, 1.54) is 6.42 Å². The fourth-order valence-corrected chi connectivity index (χ4v) is 6.62. The number of ether oxygens (including phenoxy) is 1. The highest BCUT2D eigenvalue weighted by atomic mass is 19.4. The highest BCUT2D eigenvalue weighted by Crippen LogP contribution is 2.44. The molecule has 3 aliphatic rings. The standard InChI is InChI=1S/C32H37F3N8O/c1-42(18-31(19-44-2)9-6-10-31)25-15-23(21-13-22(20-7-8-20)38-26(14-21)32(33,34)35)39-30-28(25)40-29(41-30)24-16-37-27(17-36-24)43-11-4-3-5-12-43/h13-17,20H,3-12,18-19H2,1-2H3,(H,39,40,41). The molecule has 0 spiro atoms. The van der Waals surface area contributed by atoms with Gasteiger partial charge in [0.2, 0.25) is 0 Å². The predicted molar refractivity (Wildman–Crippen MR) is 163 cm³/mol. The number of rotatable bonds is 9. The van der Waals surface area contributed by atoms with E-state index in [0.29, 0.717) is 46.2 Å². The van der Waals surface area contributed by atoms with Crippen LogP contribution in [0.2, 0.25) is 0 Å². The Bertz CT molecular complexity index is 1640. The number of aromatic nitrogens is 6. The lowest BCUT2D eigenvalue weighted by Gasteiger charge is -2.44. The van der Waals surface area contributed by atoms with Crippen LogP contribution in [0, 0.1) is 5.41 Å². The number of alkyl halides is 3. The summed E-state index contributed by atoms with van der Waals surface area (Å²) >= 11 is 0. The number of pyridine rings is 2. The topological polar surface area (TPSA) is 95.9 Å². The van der Waals surface area contributed by atoms with Crippen molar-refractivity contribution in [3.63, 3.8) is 0 Å². The molecule has 0 radical (unpaired) electrons. The molecule has 1 aliphatic heterocycles. The van der Waals surface area contributed by atoms with Crippen molar-refractivity contribution in [2.75, 3.05) is 50.2 Å². The van der Waals surface area contributed by atoms with Crippen LogP contribution in [-0.2, 0) is 10.9 Å². The fourth-order valence-electron chi connectivity index (χ4n) is 6.62. The Balaban J connectivity index is 1.30. The molecule has 0 amide bonds. The SMILES string of the molecule is COCC1(CN(C)c2cc(-c3cc(C4CC4)nc(C(F)(F)F)c3)nc3nc(-c4cnc(N5CCCCC5)cn4)[nH]c23)CCC1. The maximum atomic E-state index is 13.9. The number of H-pyrrole nitrogens is 1. The molecule has 5 heterocycles. The van der Waals surface area contributed by atoms with Crippen LogP contribution in [0.15, 0.2) is 30.6 Å². The van der Waals surface area contributed by atoms with Crippen molar-refractivity contribution in [1.29, 1.82) is 0 Å². The van der Waals surface area contributed by atoms with Gasteiger partial charge in [0.05, 0.1) is 30.4 Å². The van der Waals surface area contributed by atoms with Crippen molar-refractivity contribution >= 4 is 22.7 Å². The maximum absolute atomic E-state index is 13.9. The number of halogens is 3. The smallest absolute Gasteiger partial charge is 0.384 e. The zero-order chi connectivity index (χ0) is 30.5. The largest absolute Gasteiger partial charge is 0.433 e. The molecule has 1 N–H and O–H groups in total. The number of methoxy groups -OCH3 is 1. The third-order valence-electron chi connectivity index (χ3n) is 9.28. The van der Waals surface area contributed by atoms with Crippen LogP contribution in [0.1, 0.15) is 68.7 Å². The quantitative estimate of drug-likeness (QED) is 0.227. The first kappa shape index (κ1) is 28.9. The lowest BCUT2D eigenvalue weighted by Crippen LogP contribution is -2.44. The molecule has 9 nitrogen and oxygen atoms in total. The molecule has 2 aliphatic carbocycles. The van der Waals surface area contributed by atoms with Gasteiger partial charge in [0.25, 0.3) is 0 Å². The van der Waals surface area contributed by atoms with E-state index in [1.54, 1.807) is 25.6 Å². The third-order valence-corrected chi connectivity index (χ3v) is 9.28. The van der Waals surface area contributed by atoms with Crippen molar-refractivity contribution in [3.8, 4) is 22.8 Å². The van der Waals surface area contributed by atoms with E-state index in [9.17, 15) is 13.2 Å². The number of nitrogens with zero attached hydrogens (tertiary/aromatic N) is 7. The first-order chi connectivity index (χ1) is 21.2. The second-order valence-electron chi connectivity index (χ2n) is 12.7. The summed E-state index contributed by atoms with van der Waals surface area (Å²) in [6.45, 7) is 3.32. The summed E-state index contributed by atoms with van der Waals surface area (Å²) in [5, 5.41) is 0. The minimum Gasteiger partial charge on any atom is -0.384 e. The molecule has 232 valence electrons. The minimum atomic E-state index is -4.56. The van der Waals surface area contributed by atoms with E-state index in [-0.39, 0.29) is 11.3 Å². The highest BCUT2D eigenvalue weighted by molar-refractivity contribution is 5.91. The Kier molecular flexibility index (Phi) is 7.42. The van der Waals surface area contributed by atoms with E-state index in [0.717, 1.165) is 82.2 Å². The summed E-state index contributed by atoms with van der Waals surface area (Å²) in [7, 11) is 3.73. The van der Waals surface area contributed by atoms with Gasteiger partial charge < -0.3 is 19.5 Å². The Morgan fingerprint density at radius 1 is 0.977 bits per heavy atom. The summed E-state index contributed by atoms with van der Waals surface area (Å²) in [4.78, 5) is 30.7. The van der Waals surface area contributed by atoms with Crippen LogP contribution < -0.4 is 9.80 Å². The lowest BCUT2D eigenvalue weighted by molar-refractivity contribution is -0.141. The molecule has 1 saturated heterocycles. The van der Waals surface area contributed by atoms with Crippen molar-refractivity contribution < 1.29 is 17.9 Å². The molecule has 2 saturated carbocycles. The Morgan fingerprint density at radius 3 is 2.41 bits per heavy atom. The van der Waals surface area contributed by atoms with E-state index >= 15 is 0 Å². The number of hydrogen-bond donors (Lipinski definition) is 1. The van der Waals surface area contributed by atoms with Gasteiger partial charge in [0.1, 0.15) is 22.7 Å². The molecule has 0 aromatic carbocycles. The molecule has 4 aromatic rings. The predicted octanol–water partition coefficient (Wildman–Crippen LogP) is 6.62. The van der Waals surface area contributed by atoms with Gasteiger partial charge in [-0.15, -0.1) is 0 Å². The molecule has 7 rings (SSSR count). The van der Waals surface area contributed by atoms with Gasteiger partial charge in [0.15, 0.2) is 11.5 Å². The number of fused-ring (bicyclic) bond motifs is 1. The van der Waals surface area contributed by atoms with Crippen molar-refractivity contribution in [2.45, 2.75) is 63.5 Å². The normalized spacial score (nSPS) is 18.4. The molecular weight excluding hydrogens is 569 g/mol. The summed E-state index contributed by atoms with van der Waals surface area (Å²) in [5.41, 5.74) is 2.90. The van der Waals surface area contributed by atoms with Gasteiger partial charge in [0, 0.05) is 56.4 Å². The highest BCUT2D eigenvalue weighted by Gasteiger charge is 2.39. The average Bonchev–Trinajstić information content (AvgIpc) is 3.78. The van der Waals surface area contributed by atoms with Crippen molar-refractivity contribution in [1.82, 2.24) is 29.9 Å². The molecule has 0 atom stereocenters. The summed E-state index contributed by atoms with van der Waals surface area (Å²) in [6.07, 6.45) is 7.42. The lowest BCUT2D eigenvalue weighted by atomic mass is 9.69. The Labute approximate surface area is 254 Å². The van der Waals surface area contributed by atoms with E-state index < -0.39 is 11.9 Å². The van der Waals surface area contributed by atoms with Gasteiger partial charge in [-0.3, -0.25) is 0 Å². The number of piperidine rings is 1. The zero-order valence-electron chi connectivity index (χ0n) is 25.1. The van der Waals surface area contributed by atoms with Crippen LogP contribution in [0.25, 0.3) is 33.9 Å². The Morgan fingerprint density at radius 2 is 1.77 bits per heavy atom. The first-order valence-electron chi connectivity index (χ1n) is 15.5. The number of hydrogen-bond acceptors (Lipinski definition) is 8. The molecule has 0 bridgehead atoms. The summed E-state index contributed by atoms with van der Waals surface area (Å²) in [6, 6.07) is 4.71. The van der Waals surface area contributed by atoms with Gasteiger partial charge in [-0.1, -0.05) is 6.42 Å². The van der Waals surface area contributed by atoms with Gasteiger partial charge in [-0.05, 0) is 63.1 Å². The third kappa shape index (κ3) is 5.71. The van der Waals surface area contributed by atoms with Crippen molar-refractivity contribution in [3.05, 3.63) is 42.0 Å². The number of nitrogens with one attached hydrogen (secondary N) is 1. The monoisotopic (exact) mass is 606 g/mol. The van der Waals surface area contributed by atoms with Crippen LogP contribution >= 0.6 is 0 Å². The van der Waals surface area contributed by atoms with Crippen LogP contribution in [0.4, 0.5) is 24.7 Å². The second kappa shape index (κ2) is 11.3. The average molecular weight is 607 g/mol. The molecule has 0 unspecified atom stereocenters. The van der Waals surface area contributed by atoms with Crippen LogP contribution in [-0.4, -0.2) is 70.3 Å². The minimum absolute atomic E-state index is 0.0249. The number of aromatic amines is 1. The number of imidazole rings is 1. The Hall–Kier alpha value is -3.80. The molecule has 3 fully saturated rings. The van der Waals surface area contributed by atoms with E-state index in [4.69, 9.17) is 14.7 Å². The van der Waals surface area contributed by atoms with Crippen molar-refractivity contribution in [2.24, 2.45) is 5.41 Å². The molecule has 12 heteroatoms. The molecular formula is C32H37F3N8O. The number of anilines is 2. The summed E-state index contributed by atoms with van der Waals surface area (Å²) < 4.78 is 47.3. The molecule has 44 heavy (non-hydrogen) atoms. The zero-order valence-corrected chi connectivity index (χ0v) is 25.1. The van der Waals surface area contributed by atoms with Crippen LogP contribution in [0.5, 0.6) is 0 Å². The second-order valence-corrected chi connectivity index (χ2v) is 12.7. The van der Waals surface area contributed by atoms with Gasteiger partial charge in [-0.2, -0.15) is 13.2 Å². The molecule has 4 aromatic heterocycles. The maximum Gasteiger partial charge on any atom is 0.433 e. The first-order valence-corrected chi connectivity index (χ1v) is 15.5. The van der Waals surface area contributed by atoms with E-state index in [1.807, 2.05) is 13.1 Å². The fraction of sp³-hybridized carbons (Fsp3) is 0.531. The van der Waals surface area contributed by atoms with Gasteiger partial charge in [-0.25, -0.2) is 24.9 Å². The van der Waals surface area contributed by atoms with Gasteiger partial charge >= 0.3 is 6.18 Å². The summed E-state index contributed by atoms with van der Waals surface area (Å²) in [5.74, 6) is 1.41.